The summed E-state index contributed by atoms with van der Waals surface area (Å²) in [6.45, 7) is 6.22. The van der Waals surface area contributed by atoms with Gasteiger partial charge in [-0.05, 0) is 13.5 Å². The first-order chi connectivity index (χ1) is 8.92. The summed E-state index contributed by atoms with van der Waals surface area (Å²) in [5, 5.41) is 2.98. The number of carbonyl (C=O) groups excluding carboxylic acids is 1. The Hall–Kier alpha value is -0.660. The first-order valence-electron chi connectivity index (χ1n) is 6.83. The van der Waals surface area contributed by atoms with Gasteiger partial charge in [0.15, 0.2) is 0 Å². The van der Waals surface area contributed by atoms with Gasteiger partial charge in [-0.25, -0.2) is 8.42 Å². The smallest absolute Gasteiger partial charge is 0.226 e. The summed E-state index contributed by atoms with van der Waals surface area (Å²) in [4.78, 5) is 13.9. The maximum absolute atomic E-state index is 12.1. The Kier molecular flexibility index (Phi) is 6.22. The van der Waals surface area contributed by atoms with Gasteiger partial charge in [0, 0.05) is 38.6 Å². The molecule has 7 heteroatoms. The Balaban J connectivity index is 2.51. The van der Waals surface area contributed by atoms with Crippen LogP contribution in [0.3, 0.4) is 0 Å². The van der Waals surface area contributed by atoms with Crippen LogP contribution in [-0.2, 0) is 14.8 Å². The van der Waals surface area contributed by atoms with Gasteiger partial charge in [-0.3, -0.25) is 4.79 Å². The van der Waals surface area contributed by atoms with E-state index in [0.717, 1.165) is 0 Å². The van der Waals surface area contributed by atoms with E-state index in [4.69, 9.17) is 0 Å². The van der Waals surface area contributed by atoms with Gasteiger partial charge < -0.3 is 10.2 Å². The van der Waals surface area contributed by atoms with Gasteiger partial charge in [0.2, 0.25) is 15.9 Å². The SMILES string of the molecule is CCCS(=O)(=O)N1CCN(C(=O)C(C)CNC)CC1. The number of sulfonamides is 1. The third-order valence-electron chi connectivity index (χ3n) is 3.34. The number of amides is 1. The molecule has 1 fully saturated rings. The lowest BCUT2D eigenvalue weighted by molar-refractivity contribution is -0.136. The summed E-state index contributed by atoms with van der Waals surface area (Å²) in [5.74, 6) is 0.225. The van der Waals surface area contributed by atoms with Gasteiger partial charge in [-0.2, -0.15) is 4.31 Å². The molecule has 1 rings (SSSR count). The average Bonchev–Trinajstić information content (AvgIpc) is 2.38. The minimum Gasteiger partial charge on any atom is -0.340 e. The van der Waals surface area contributed by atoms with Crippen molar-refractivity contribution in [2.45, 2.75) is 20.3 Å². The summed E-state index contributed by atoms with van der Waals surface area (Å²) in [7, 11) is -1.31. The second kappa shape index (κ2) is 7.21. The standard InChI is InChI=1S/C12H25N3O3S/c1-4-9-19(17,18)15-7-5-14(6-8-15)12(16)11(2)10-13-3/h11,13H,4-10H2,1-3H3. The van der Waals surface area contributed by atoms with E-state index in [1.54, 1.807) is 4.90 Å². The van der Waals surface area contributed by atoms with E-state index >= 15 is 0 Å². The first kappa shape index (κ1) is 16.4. The van der Waals surface area contributed by atoms with Crippen molar-refractivity contribution in [3.63, 3.8) is 0 Å². The van der Waals surface area contributed by atoms with Crippen LogP contribution in [0.15, 0.2) is 0 Å². The van der Waals surface area contributed by atoms with Crippen molar-refractivity contribution in [1.82, 2.24) is 14.5 Å². The Morgan fingerprint density at radius 2 is 1.84 bits per heavy atom. The fraction of sp³-hybridized carbons (Fsp3) is 0.917. The van der Waals surface area contributed by atoms with E-state index in [9.17, 15) is 13.2 Å². The lowest BCUT2D eigenvalue weighted by atomic mass is 10.1. The Labute approximate surface area is 116 Å². The van der Waals surface area contributed by atoms with Gasteiger partial charge in [-0.1, -0.05) is 13.8 Å². The van der Waals surface area contributed by atoms with Crippen LogP contribution in [0.4, 0.5) is 0 Å². The highest BCUT2D eigenvalue weighted by molar-refractivity contribution is 7.89. The first-order valence-corrected chi connectivity index (χ1v) is 8.44. The lowest BCUT2D eigenvalue weighted by Crippen LogP contribution is -2.52. The molecule has 0 aromatic heterocycles. The second-order valence-electron chi connectivity index (χ2n) is 5.00. The number of carbonyl (C=O) groups is 1. The monoisotopic (exact) mass is 291 g/mol. The normalized spacial score (nSPS) is 19.4. The number of nitrogens with one attached hydrogen (secondary N) is 1. The summed E-state index contributed by atoms with van der Waals surface area (Å²) in [6, 6.07) is 0. The molecule has 0 bridgehead atoms. The van der Waals surface area contributed by atoms with Crippen LogP contribution in [0.25, 0.3) is 0 Å². The van der Waals surface area contributed by atoms with Crippen LogP contribution in [0.5, 0.6) is 0 Å². The second-order valence-corrected chi connectivity index (χ2v) is 7.09. The maximum Gasteiger partial charge on any atom is 0.226 e. The lowest BCUT2D eigenvalue weighted by Gasteiger charge is -2.35. The molecule has 1 saturated heterocycles. The van der Waals surface area contributed by atoms with E-state index in [2.05, 4.69) is 5.32 Å². The van der Waals surface area contributed by atoms with Crippen LogP contribution < -0.4 is 5.32 Å². The molecule has 19 heavy (non-hydrogen) atoms. The summed E-state index contributed by atoms with van der Waals surface area (Å²) >= 11 is 0. The number of hydrogen-bond donors (Lipinski definition) is 1. The molecule has 0 spiro atoms. The zero-order valence-electron chi connectivity index (χ0n) is 12.1. The van der Waals surface area contributed by atoms with Gasteiger partial charge in [0.05, 0.1) is 5.75 Å². The summed E-state index contributed by atoms with van der Waals surface area (Å²) in [6.07, 6.45) is 0.626. The van der Waals surface area contributed by atoms with Crippen molar-refractivity contribution in [1.29, 1.82) is 0 Å². The molecule has 1 N–H and O–H groups in total. The van der Waals surface area contributed by atoms with Crippen molar-refractivity contribution in [2.24, 2.45) is 5.92 Å². The minimum absolute atomic E-state index is 0.0659. The van der Waals surface area contributed by atoms with Gasteiger partial charge in [0.1, 0.15) is 0 Å². The van der Waals surface area contributed by atoms with E-state index in [1.165, 1.54) is 4.31 Å². The molecule has 0 saturated carbocycles. The van der Waals surface area contributed by atoms with E-state index in [0.29, 0.717) is 39.1 Å². The molecule has 1 unspecified atom stereocenters. The molecule has 1 amide bonds. The molecule has 0 radical (unpaired) electrons. The van der Waals surface area contributed by atoms with Crippen molar-refractivity contribution in [3.05, 3.63) is 0 Å². The van der Waals surface area contributed by atoms with E-state index in [-0.39, 0.29) is 17.6 Å². The molecule has 0 aromatic rings. The van der Waals surface area contributed by atoms with Gasteiger partial charge in [0.25, 0.3) is 0 Å². The number of nitrogens with zero attached hydrogens (tertiary/aromatic N) is 2. The van der Waals surface area contributed by atoms with Crippen LogP contribution in [0.2, 0.25) is 0 Å². The van der Waals surface area contributed by atoms with Crippen molar-refractivity contribution in [2.75, 3.05) is 45.5 Å². The van der Waals surface area contributed by atoms with Crippen molar-refractivity contribution >= 4 is 15.9 Å². The van der Waals surface area contributed by atoms with Gasteiger partial charge in [-0.15, -0.1) is 0 Å². The van der Waals surface area contributed by atoms with Crippen LogP contribution >= 0.6 is 0 Å². The molecule has 1 aliphatic heterocycles. The molecular weight excluding hydrogens is 266 g/mol. The molecule has 1 aliphatic rings. The van der Waals surface area contributed by atoms with Crippen molar-refractivity contribution < 1.29 is 13.2 Å². The van der Waals surface area contributed by atoms with E-state index in [1.807, 2.05) is 20.9 Å². The number of piperazine rings is 1. The Morgan fingerprint density at radius 1 is 1.26 bits per heavy atom. The number of hydrogen-bond acceptors (Lipinski definition) is 4. The fourth-order valence-corrected chi connectivity index (χ4v) is 3.77. The zero-order valence-corrected chi connectivity index (χ0v) is 12.9. The summed E-state index contributed by atoms with van der Waals surface area (Å²) < 4.78 is 25.3. The molecule has 0 aromatic carbocycles. The maximum atomic E-state index is 12.1. The van der Waals surface area contributed by atoms with Crippen LogP contribution in [-0.4, -0.2) is 69.1 Å². The van der Waals surface area contributed by atoms with E-state index < -0.39 is 10.0 Å². The molecule has 1 heterocycles. The Bertz CT molecular complexity index is 389. The largest absolute Gasteiger partial charge is 0.340 e. The zero-order chi connectivity index (χ0) is 14.5. The fourth-order valence-electron chi connectivity index (χ4n) is 2.28. The highest BCUT2D eigenvalue weighted by Crippen LogP contribution is 2.11. The average molecular weight is 291 g/mol. The Morgan fingerprint density at radius 3 is 2.32 bits per heavy atom. The van der Waals surface area contributed by atoms with Crippen molar-refractivity contribution in [3.8, 4) is 0 Å². The van der Waals surface area contributed by atoms with Crippen LogP contribution in [0.1, 0.15) is 20.3 Å². The highest BCUT2D eigenvalue weighted by atomic mass is 32.2. The summed E-state index contributed by atoms with van der Waals surface area (Å²) in [5.41, 5.74) is 0. The van der Waals surface area contributed by atoms with Gasteiger partial charge >= 0.3 is 0 Å². The van der Waals surface area contributed by atoms with Crippen LogP contribution in [0, 0.1) is 5.92 Å². The molecule has 1 atom stereocenters. The molecule has 112 valence electrons. The third kappa shape index (κ3) is 4.43. The topological polar surface area (TPSA) is 69.7 Å². The molecule has 0 aliphatic carbocycles. The molecule has 6 nitrogen and oxygen atoms in total. The predicted octanol–water partition coefficient (Wildman–Crippen LogP) is -0.274. The molecular formula is C12H25N3O3S. The predicted molar refractivity (Wildman–Crippen MR) is 75.3 cm³/mol. The highest BCUT2D eigenvalue weighted by Gasteiger charge is 2.29. The third-order valence-corrected chi connectivity index (χ3v) is 5.41. The quantitative estimate of drug-likeness (QED) is 0.731. The minimum atomic E-state index is -3.13. The number of rotatable bonds is 6.